The van der Waals surface area contributed by atoms with Crippen LogP contribution in [0.25, 0.3) is 11.5 Å². The molecule has 26 heavy (non-hydrogen) atoms. The molecular formula is C19H19N3O4. The Kier molecular flexibility index (Phi) is 5.48. The lowest BCUT2D eigenvalue weighted by Gasteiger charge is -2.11. The molecule has 1 amide bonds. The van der Waals surface area contributed by atoms with E-state index in [9.17, 15) is 4.79 Å². The second kappa shape index (κ2) is 8.15. The number of ether oxygens (including phenoxy) is 2. The van der Waals surface area contributed by atoms with Crippen molar-refractivity contribution in [2.24, 2.45) is 0 Å². The normalized spacial score (nSPS) is 10.4. The molecule has 0 atom stereocenters. The number of amides is 1. The largest absolute Gasteiger partial charge is 0.490 e. The molecule has 0 aliphatic rings. The van der Waals surface area contributed by atoms with Gasteiger partial charge in [0.15, 0.2) is 11.5 Å². The SMILES string of the molecule is CCOc1ccc(C(=O)Nc2nnc(-c3ccccc3)o2)cc1OCC. The highest BCUT2D eigenvalue weighted by Crippen LogP contribution is 2.29. The third-order valence-electron chi connectivity index (χ3n) is 3.47. The molecule has 0 aliphatic heterocycles. The molecule has 134 valence electrons. The number of anilines is 1. The van der Waals surface area contributed by atoms with Gasteiger partial charge in [0.2, 0.25) is 5.89 Å². The quantitative estimate of drug-likeness (QED) is 0.695. The van der Waals surface area contributed by atoms with E-state index in [0.29, 0.717) is 36.2 Å². The minimum Gasteiger partial charge on any atom is -0.490 e. The number of carbonyl (C=O) groups is 1. The van der Waals surface area contributed by atoms with E-state index < -0.39 is 0 Å². The van der Waals surface area contributed by atoms with Gasteiger partial charge in [0, 0.05) is 11.1 Å². The first kappa shape index (κ1) is 17.5. The van der Waals surface area contributed by atoms with Crippen LogP contribution in [0.1, 0.15) is 24.2 Å². The highest BCUT2D eigenvalue weighted by Gasteiger charge is 2.15. The second-order valence-corrected chi connectivity index (χ2v) is 5.26. The number of hydrogen-bond donors (Lipinski definition) is 1. The van der Waals surface area contributed by atoms with Crippen molar-refractivity contribution >= 4 is 11.9 Å². The van der Waals surface area contributed by atoms with Crippen LogP contribution in [0.2, 0.25) is 0 Å². The molecule has 7 nitrogen and oxygen atoms in total. The number of hydrogen-bond acceptors (Lipinski definition) is 6. The summed E-state index contributed by atoms with van der Waals surface area (Å²) in [5.74, 6) is 1.06. The predicted octanol–water partition coefficient (Wildman–Crippen LogP) is 3.79. The Balaban J connectivity index is 1.76. The zero-order chi connectivity index (χ0) is 18.4. The standard InChI is InChI=1S/C19H19N3O4/c1-3-24-15-11-10-14(12-16(15)25-4-2)17(23)20-19-22-21-18(26-19)13-8-6-5-7-9-13/h5-12H,3-4H2,1-2H3,(H,20,22,23). The number of nitrogens with one attached hydrogen (secondary N) is 1. The maximum Gasteiger partial charge on any atom is 0.322 e. The summed E-state index contributed by atoms with van der Waals surface area (Å²) in [6.45, 7) is 4.73. The van der Waals surface area contributed by atoms with E-state index in [2.05, 4.69) is 15.5 Å². The van der Waals surface area contributed by atoms with Gasteiger partial charge in [0.1, 0.15) is 0 Å². The van der Waals surface area contributed by atoms with Gasteiger partial charge in [0.05, 0.1) is 13.2 Å². The highest BCUT2D eigenvalue weighted by atomic mass is 16.5. The van der Waals surface area contributed by atoms with Gasteiger partial charge in [0.25, 0.3) is 5.91 Å². The Bertz CT molecular complexity index is 878. The Morgan fingerprint density at radius 3 is 2.46 bits per heavy atom. The van der Waals surface area contributed by atoms with E-state index in [1.54, 1.807) is 18.2 Å². The molecule has 3 rings (SSSR count). The number of rotatable bonds is 7. The van der Waals surface area contributed by atoms with Crippen molar-refractivity contribution in [3.8, 4) is 23.0 Å². The van der Waals surface area contributed by atoms with Crippen molar-refractivity contribution in [2.75, 3.05) is 18.5 Å². The molecule has 7 heteroatoms. The molecular weight excluding hydrogens is 334 g/mol. The average Bonchev–Trinajstić information content (AvgIpc) is 3.13. The van der Waals surface area contributed by atoms with Crippen LogP contribution >= 0.6 is 0 Å². The molecule has 1 N–H and O–H groups in total. The van der Waals surface area contributed by atoms with Crippen LogP contribution in [0.5, 0.6) is 11.5 Å². The van der Waals surface area contributed by atoms with Gasteiger partial charge in [-0.2, -0.15) is 0 Å². The molecule has 0 unspecified atom stereocenters. The molecule has 0 fully saturated rings. The molecule has 0 spiro atoms. The lowest BCUT2D eigenvalue weighted by Crippen LogP contribution is -2.12. The van der Waals surface area contributed by atoms with Crippen molar-refractivity contribution in [1.29, 1.82) is 0 Å². The van der Waals surface area contributed by atoms with Crippen molar-refractivity contribution in [3.05, 3.63) is 54.1 Å². The Morgan fingerprint density at radius 1 is 1.00 bits per heavy atom. The van der Waals surface area contributed by atoms with E-state index in [-0.39, 0.29) is 11.9 Å². The van der Waals surface area contributed by atoms with Gasteiger partial charge in [-0.25, -0.2) is 0 Å². The monoisotopic (exact) mass is 353 g/mol. The molecule has 0 aliphatic carbocycles. The lowest BCUT2D eigenvalue weighted by atomic mass is 10.2. The maximum absolute atomic E-state index is 12.5. The van der Waals surface area contributed by atoms with E-state index in [0.717, 1.165) is 5.56 Å². The summed E-state index contributed by atoms with van der Waals surface area (Å²) in [7, 11) is 0. The molecule has 0 radical (unpaired) electrons. The summed E-state index contributed by atoms with van der Waals surface area (Å²) in [5.41, 5.74) is 1.18. The van der Waals surface area contributed by atoms with Crippen LogP contribution in [-0.2, 0) is 0 Å². The average molecular weight is 353 g/mol. The fourth-order valence-electron chi connectivity index (χ4n) is 2.33. The van der Waals surface area contributed by atoms with Crippen molar-refractivity contribution in [3.63, 3.8) is 0 Å². The van der Waals surface area contributed by atoms with Crippen molar-refractivity contribution in [2.45, 2.75) is 13.8 Å². The summed E-state index contributed by atoms with van der Waals surface area (Å²) in [4.78, 5) is 12.5. The van der Waals surface area contributed by atoms with Crippen LogP contribution in [-0.4, -0.2) is 29.3 Å². The van der Waals surface area contributed by atoms with Gasteiger partial charge >= 0.3 is 6.01 Å². The van der Waals surface area contributed by atoms with Gasteiger partial charge < -0.3 is 13.9 Å². The summed E-state index contributed by atoms with van der Waals surface area (Å²) in [6, 6.07) is 14.3. The number of aromatic nitrogens is 2. The molecule has 0 saturated heterocycles. The third-order valence-corrected chi connectivity index (χ3v) is 3.47. The van der Waals surface area contributed by atoms with Crippen molar-refractivity contribution in [1.82, 2.24) is 10.2 Å². The topological polar surface area (TPSA) is 86.5 Å². The van der Waals surface area contributed by atoms with Gasteiger partial charge in [-0.3, -0.25) is 10.1 Å². The van der Waals surface area contributed by atoms with Gasteiger partial charge in [-0.1, -0.05) is 23.3 Å². The fraction of sp³-hybridized carbons (Fsp3) is 0.211. The second-order valence-electron chi connectivity index (χ2n) is 5.26. The highest BCUT2D eigenvalue weighted by molar-refractivity contribution is 6.03. The van der Waals surface area contributed by atoms with Crippen LogP contribution in [0.15, 0.2) is 52.9 Å². The third kappa shape index (κ3) is 4.00. The van der Waals surface area contributed by atoms with E-state index in [1.165, 1.54) is 0 Å². The molecule has 1 heterocycles. The van der Waals surface area contributed by atoms with Crippen molar-refractivity contribution < 1.29 is 18.7 Å². The summed E-state index contributed by atoms with van der Waals surface area (Å²) in [6.07, 6.45) is 0. The van der Waals surface area contributed by atoms with E-state index >= 15 is 0 Å². The summed E-state index contributed by atoms with van der Waals surface area (Å²) >= 11 is 0. The lowest BCUT2D eigenvalue weighted by molar-refractivity contribution is 0.102. The zero-order valence-electron chi connectivity index (χ0n) is 14.6. The number of nitrogens with zero attached hydrogens (tertiary/aromatic N) is 2. The Hall–Kier alpha value is -3.35. The maximum atomic E-state index is 12.5. The van der Waals surface area contributed by atoms with Gasteiger partial charge in [-0.15, -0.1) is 5.10 Å². The first-order valence-corrected chi connectivity index (χ1v) is 8.31. The zero-order valence-corrected chi connectivity index (χ0v) is 14.6. The molecule has 1 aromatic heterocycles. The minimum absolute atomic E-state index is 0.0284. The van der Waals surface area contributed by atoms with Gasteiger partial charge in [-0.05, 0) is 44.2 Å². The van der Waals surface area contributed by atoms with Crippen LogP contribution < -0.4 is 14.8 Å². The number of benzene rings is 2. The fourth-order valence-corrected chi connectivity index (χ4v) is 2.33. The van der Waals surface area contributed by atoms with E-state index in [4.69, 9.17) is 13.9 Å². The van der Waals surface area contributed by atoms with Crippen LogP contribution in [0.3, 0.4) is 0 Å². The molecule has 2 aromatic carbocycles. The molecule has 0 saturated carbocycles. The predicted molar refractivity (Wildman–Crippen MR) is 96.5 cm³/mol. The molecule has 0 bridgehead atoms. The van der Waals surface area contributed by atoms with E-state index in [1.807, 2.05) is 44.2 Å². The number of carbonyl (C=O) groups excluding carboxylic acids is 1. The van der Waals surface area contributed by atoms with Crippen LogP contribution in [0, 0.1) is 0 Å². The summed E-state index contributed by atoms with van der Waals surface area (Å²) in [5, 5.41) is 10.4. The van der Waals surface area contributed by atoms with Crippen LogP contribution in [0.4, 0.5) is 6.01 Å². The summed E-state index contributed by atoms with van der Waals surface area (Å²) < 4.78 is 16.5. The Morgan fingerprint density at radius 2 is 1.73 bits per heavy atom. The first-order chi connectivity index (χ1) is 12.7. The minimum atomic E-state index is -0.378. The molecule has 3 aromatic rings. The Labute approximate surface area is 151 Å². The smallest absolute Gasteiger partial charge is 0.322 e. The first-order valence-electron chi connectivity index (χ1n) is 8.31.